The third-order valence-corrected chi connectivity index (χ3v) is 2.54. The number of fused-ring (bicyclic) bond motifs is 2. The van der Waals surface area contributed by atoms with E-state index in [0.717, 1.165) is 22.7 Å². The minimum Gasteiger partial charge on any atom is -0.320 e. The van der Waals surface area contributed by atoms with Crippen molar-refractivity contribution < 1.29 is 0 Å². The van der Waals surface area contributed by atoms with Gasteiger partial charge in [0.15, 0.2) is 5.84 Å². The van der Waals surface area contributed by atoms with E-state index in [1.54, 1.807) is 6.21 Å². The quantitative estimate of drug-likeness (QED) is 0.654. The number of para-hydroxylation sites is 1. The maximum Gasteiger partial charge on any atom is 0.157 e. The first-order valence-corrected chi connectivity index (χ1v) is 4.54. The molecule has 2 N–H and O–H groups in total. The van der Waals surface area contributed by atoms with Gasteiger partial charge in [-0.3, -0.25) is 0 Å². The van der Waals surface area contributed by atoms with Crippen molar-refractivity contribution in [3.05, 3.63) is 41.5 Å². The van der Waals surface area contributed by atoms with Gasteiger partial charge in [-0.05, 0) is 17.7 Å². The molecule has 3 heteroatoms. The van der Waals surface area contributed by atoms with Crippen molar-refractivity contribution in [3.63, 3.8) is 0 Å². The van der Waals surface area contributed by atoms with Crippen molar-refractivity contribution in [2.45, 2.75) is 6.04 Å². The van der Waals surface area contributed by atoms with E-state index >= 15 is 0 Å². The summed E-state index contributed by atoms with van der Waals surface area (Å²) in [5.74, 6) is 0.760. The molecule has 2 heterocycles. The highest BCUT2D eigenvalue weighted by molar-refractivity contribution is 6.13. The molecule has 0 spiro atoms. The number of rotatable bonds is 0. The molecule has 1 atom stereocenters. The fourth-order valence-corrected chi connectivity index (χ4v) is 1.81. The molecule has 0 amide bonds. The normalized spacial score (nSPS) is 22.5. The van der Waals surface area contributed by atoms with E-state index in [1.165, 1.54) is 0 Å². The Hall–Kier alpha value is -1.74. The van der Waals surface area contributed by atoms with Crippen LogP contribution in [-0.4, -0.2) is 12.1 Å². The van der Waals surface area contributed by atoms with E-state index in [1.807, 2.05) is 30.3 Å². The van der Waals surface area contributed by atoms with Gasteiger partial charge in [0.2, 0.25) is 0 Å². The van der Waals surface area contributed by atoms with Crippen molar-refractivity contribution >= 4 is 17.7 Å². The molecular weight excluding hydrogens is 174 g/mol. The summed E-state index contributed by atoms with van der Waals surface area (Å²) in [6.45, 7) is 0. The van der Waals surface area contributed by atoms with Crippen LogP contribution in [0.2, 0.25) is 0 Å². The number of nitrogens with zero attached hydrogens (tertiary/aromatic N) is 2. The molecule has 68 valence electrons. The number of allylic oxidation sites excluding steroid dienone is 1. The molecule has 0 aromatic heterocycles. The van der Waals surface area contributed by atoms with Crippen LogP contribution in [-0.2, 0) is 0 Å². The Labute approximate surface area is 81.7 Å². The van der Waals surface area contributed by atoms with Gasteiger partial charge in [0, 0.05) is 11.8 Å². The minimum atomic E-state index is -0.0822. The molecule has 3 nitrogen and oxygen atoms in total. The zero-order valence-corrected chi connectivity index (χ0v) is 7.51. The average molecular weight is 183 g/mol. The minimum absolute atomic E-state index is 0.0822. The number of hydrogen-bond acceptors (Lipinski definition) is 3. The highest BCUT2D eigenvalue weighted by atomic mass is 15.0. The topological polar surface area (TPSA) is 50.7 Å². The number of hydrogen-bond donors (Lipinski definition) is 1. The molecule has 1 aromatic carbocycles. The largest absolute Gasteiger partial charge is 0.320 e. The number of aliphatic imine (C=N–C) groups is 2. The third-order valence-electron chi connectivity index (χ3n) is 2.54. The van der Waals surface area contributed by atoms with Crippen LogP contribution in [0.5, 0.6) is 0 Å². The number of benzene rings is 1. The molecule has 0 aliphatic carbocycles. The molecule has 0 saturated heterocycles. The first kappa shape index (κ1) is 7.64. The monoisotopic (exact) mass is 183 g/mol. The molecule has 0 fully saturated rings. The van der Waals surface area contributed by atoms with Crippen LogP contribution < -0.4 is 5.73 Å². The molecule has 0 saturated carbocycles. The van der Waals surface area contributed by atoms with Gasteiger partial charge < -0.3 is 5.73 Å². The zero-order valence-electron chi connectivity index (χ0n) is 7.51. The van der Waals surface area contributed by atoms with Crippen LogP contribution in [0.25, 0.3) is 0 Å². The highest BCUT2D eigenvalue weighted by Gasteiger charge is 2.25. The Morgan fingerprint density at radius 1 is 1.21 bits per heavy atom. The van der Waals surface area contributed by atoms with Gasteiger partial charge in [0.05, 0.1) is 11.7 Å². The summed E-state index contributed by atoms with van der Waals surface area (Å²) in [6.07, 6.45) is 3.68. The van der Waals surface area contributed by atoms with Crippen LogP contribution >= 0.6 is 0 Å². The van der Waals surface area contributed by atoms with Gasteiger partial charge in [-0.1, -0.05) is 18.2 Å². The second-order valence-electron chi connectivity index (χ2n) is 3.37. The van der Waals surface area contributed by atoms with Crippen LogP contribution in [0.1, 0.15) is 11.6 Å². The molecular formula is C11H9N3. The summed E-state index contributed by atoms with van der Waals surface area (Å²) in [7, 11) is 0. The van der Waals surface area contributed by atoms with E-state index in [2.05, 4.69) is 9.98 Å². The molecule has 0 radical (unpaired) electrons. The van der Waals surface area contributed by atoms with Crippen LogP contribution in [0.4, 0.5) is 5.69 Å². The van der Waals surface area contributed by atoms with Crippen molar-refractivity contribution in [1.29, 1.82) is 0 Å². The lowest BCUT2D eigenvalue weighted by atomic mass is 9.95. The number of nitrogens with two attached hydrogens (primary N) is 1. The van der Waals surface area contributed by atoms with E-state index in [0.29, 0.717) is 0 Å². The van der Waals surface area contributed by atoms with Gasteiger partial charge in [-0.25, -0.2) is 9.98 Å². The lowest BCUT2D eigenvalue weighted by molar-refractivity contribution is 0.872. The molecule has 3 rings (SSSR count). The van der Waals surface area contributed by atoms with E-state index in [-0.39, 0.29) is 6.04 Å². The van der Waals surface area contributed by atoms with Crippen molar-refractivity contribution in [2.24, 2.45) is 15.7 Å². The van der Waals surface area contributed by atoms with E-state index in [4.69, 9.17) is 5.73 Å². The van der Waals surface area contributed by atoms with Gasteiger partial charge in [0.25, 0.3) is 0 Å². The van der Waals surface area contributed by atoms with E-state index in [9.17, 15) is 0 Å². The molecule has 14 heavy (non-hydrogen) atoms. The Morgan fingerprint density at radius 2 is 2.07 bits per heavy atom. The van der Waals surface area contributed by atoms with Crippen molar-refractivity contribution in [1.82, 2.24) is 0 Å². The SMILES string of the molecule is NC1C2=CC=NC2=Nc2ccccc21. The smallest absolute Gasteiger partial charge is 0.157 e. The Balaban J connectivity index is 2.26. The Kier molecular flexibility index (Phi) is 1.43. The third kappa shape index (κ3) is 0.900. The predicted octanol–water partition coefficient (Wildman–Crippen LogP) is 1.74. The molecule has 1 aromatic rings. The summed E-state index contributed by atoms with van der Waals surface area (Å²) >= 11 is 0. The second-order valence-corrected chi connectivity index (χ2v) is 3.37. The summed E-state index contributed by atoms with van der Waals surface area (Å²) in [4.78, 5) is 8.59. The standard InChI is InChI=1S/C11H9N3/c12-10-7-3-1-2-4-9(7)14-11-8(10)5-6-13-11/h1-6,10H,12H2. The zero-order chi connectivity index (χ0) is 9.54. The van der Waals surface area contributed by atoms with E-state index < -0.39 is 0 Å². The summed E-state index contributed by atoms with van der Waals surface area (Å²) in [6, 6.07) is 7.84. The van der Waals surface area contributed by atoms with Gasteiger partial charge >= 0.3 is 0 Å². The van der Waals surface area contributed by atoms with Gasteiger partial charge in [-0.2, -0.15) is 0 Å². The fraction of sp³-hybridized carbons (Fsp3) is 0.0909. The van der Waals surface area contributed by atoms with Crippen LogP contribution in [0.15, 0.2) is 45.9 Å². The first-order chi connectivity index (χ1) is 6.86. The molecule has 2 aliphatic heterocycles. The maximum absolute atomic E-state index is 6.10. The first-order valence-electron chi connectivity index (χ1n) is 4.54. The lowest BCUT2D eigenvalue weighted by Gasteiger charge is -2.20. The molecule has 2 aliphatic rings. The van der Waals surface area contributed by atoms with Crippen LogP contribution in [0.3, 0.4) is 0 Å². The maximum atomic E-state index is 6.10. The highest BCUT2D eigenvalue weighted by Crippen LogP contribution is 2.35. The Bertz CT molecular complexity index is 483. The van der Waals surface area contributed by atoms with Crippen LogP contribution in [0, 0.1) is 0 Å². The van der Waals surface area contributed by atoms with Gasteiger partial charge in [-0.15, -0.1) is 0 Å². The summed E-state index contributed by atoms with van der Waals surface area (Å²) in [5.41, 5.74) is 9.13. The summed E-state index contributed by atoms with van der Waals surface area (Å²) in [5, 5.41) is 0. The summed E-state index contributed by atoms with van der Waals surface area (Å²) < 4.78 is 0. The van der Waals surface area contributed by atoms with Crippen molar-refractivity contribution in [2.75, 3.05) is 0 Å². The lowest BCUT2D eigenvalue weighted by Crippen LogP contribution is -2.20. The predicted molar refractivity (Wildman–Crippen MR) is 57.0 cm³/mol. The van der Waals surface area contributed by atoms with Gasteiger partial charge in [0.1, 0.15) is 0 Å². The second kappa shape index (κ2) is 2.62. The molecule has 0 bridgehead atoms. The molecule has 1 unspecified atom stereocenters. The van der Waals surface area contributed by atoms with Crippen molar-refractivity contribution in [3.8, 4) is 0 Å². The average Bonchev–Trinajstić information content (AvgIpc) is 2.66. The fourth-order valence-electron chi connectivity index (χ4n) is 1.81. The Morgan fingerprint density at radius 3 is 3.00 bits per heavy atom. The number of amidine groups is 1.